The van der Waals surface area contributed by atoms with E-state index in [9.17, 15) is 20.2 Å². The van der Waals surface area contributed by atoms with Crippen LogP contribution in [0.3, 0.4) is 0 Å². The molecule has 0 radical (unpaired) electrons. The lowest BCUT2D eigenvalue weighted by atomic mass is 9.93. The second kappa shape index (κ2) is 9.91. The van der Waals surface area contributed by atoms with Crippen molar-refractivity contribution in [2.75, 3.05) is 0 Å². The molecule has 0 N–H and O–H groups in total. The number of halogens is 1. The summed E-state index contributed by atoms with van der Waals surface area (Å²) in [6.07, 6.45) is 5.15. The van der Waals surface area contributed by atoms with Gasteiger partial charge < -0.3 is 4.57 Å². The van der Waals surface area contributed by atoms with Crippen LogP contribution in [-0.2, 0) is 0 Å². The van der Waals surface area contributed by atoms with Crippen LogP contribution in [-0.4, -0.2) is 24.7 Å². The number of rotatable bonds is 8. The highest BCUT2D eigenvalue weighted by Crippen LogP contribution is 2.43. The number of nitrogens with zero attached hydrogens (tertiary/aromatic N) is 5. The molecule has 3 aromatic carbocycles. The Hall–Kier alpha value is -5.03. The number of pyridine rings is 1. The molecule has 0 spiro atoms. The van der Waals surface area contributed by atoms with E-state index in [0.29, 0.717) is 21.5 Å². The van der Waals surface area contributed by atoms with Crippen molar-refractivity contribution in [3.05, 3.63) is 128 Å². The van der Waals surface area contributed by atoms with Crippen molar-refractivity contribution in [1.82, 2.24) is 14.5 Å². The maximum absolute atomic E-state index is 11.4. The molecule has 12 heteroatoms. The molecule has 0 saturated heterocycles. The molecule has 11 nitrogen and oxygen atoms in total. The van der Waals surface area contributed by atoms with Gasteiger partial charge in [-0.05, 0) is 41.0 Å². The van der Waals surface area contributed by atoms with E-state index in [0.717, 1.165) is 11.1 Å². The van der Waals surface area contributed by atoms with Crippen molar-refractivity contribution in [2.24, 2.45) is 0 Å². The number of fused-ring (bicyclic) bond motifs is 1. The Kier molecular flexibility index (Phi) is 6.35. The Morgan fingerprint density at radius 3 is 2.24 bits per heavy atom. The lowest BCUT2D eigenvalue weighted by Gasteiger charge is -2.21. The van der Waals surface area contributed by atoms with Crippen molar-refractivity contribution in [3.8, 4) is 22.8 Å². The summed E-state index contributed by atoms with van der Waals surface area (Å²) in [7, 11) is 0. The zero-order valence-corrected chi connectivity index (χ0v) is 19.6. The lowest BCUT2D eigenvalue weighted by molar-refractivity contribution is -0.722. The first-order valence-corrected chi connectivity index (χ1v) is 11.2. The minimum atomic E-state index is -1.10. The van der Waals surface area contributed by atoms with E-state index in [4.69, 9.17) is 16.4 Å². The Morgan fingerprint density at radius 2 is 1.59 bits per heavy atom. The molecule has 37 heavy (non-hydrogen) atoms. The molecule has 5 aromatic rings. The molecule has 0 saturated carbocycles. The number of aromatic nitrogens is 3. The highest BCUT2D eigenvalue weighted by Gasteiger charge is 2.24. The minimum absolute atomic E-state index is 0.224. The third-order valence-corrected chi connectivity index (χ3v) is 5.90. The van der Waals surface area contributed by atoms with E-state index in [1.54, 1.807) is 61.1 Å². The summed E-state index contributed by atoms with van der Waals surface area (Å²) in [5.41, 5.74) is 2.76. The summed E-state index contributed by atoms with van der Waals surface area (Å²) in [6.45, 7) is 0. The second-order valence-corrected chi connectivity index (χ2v) is 8.29. The molecule has 1 atom stereocenters. The maximum Gasteiger partial charge on any atom is 0.301 e. The van der Waals surface area contributed by atoms with Gasteiger partial charge in [0.1, 0.15) is 0 Å². The van der Waals surface area contributed by atoms with Crippen molar-refractivity contribution in [2.45, 2.75) is 6.04 Å². The quantitative estimate of drug-likeness (QED) is 0.193. The van der Waals surface area contributed by atoms with Gasteiger partial charge in [0.25, 0.3) is 5.09 Å². The van der Waals surface area contributed by atoms with Crippen LogP contribution >= 0.6 is 11.6 Å². The second-order valence-electron chi connectivity index (χ2n) is 7.86. The molecular formula is C25H16ClN5O6. The van der Waals surface area contributed by atoms with Crippen LogP contribution in [0.25, 0.3) is 22.0 Å². The molecular weight excluding hydrogens is 502 g/mol. The highest BCUT2D eigenvalue weighted by atomic mass is 35.5. The lowest BCUT2D eigenvalue weighted by Crippen LogP contribution is -2.13. The van der Waals surface area contributed by atoms with E-state index in [2.05, 4.69) is 14.8 Å². The van der Waals surface area contributed by atoms with E-state index in [1.165, 1.54) is 0 Å². The molecule has 0 bridgehead atoms. The fourth-order valence-electron chi connectivity index (χ4n) is 4.20. The molecule has 0 aliphatic carbocycles. The van der Waals surface area contributed by atoms with Crippen LogP contribution in [0.5, 0.6) is 11.6 Å². The molecule has 0 aliphatic heterocycles. The predicted molar refractivity (Wildman–Crippen MR) is 133 cm³/mol. The third-order valence-electron chi connectivity index (χ3n) is 5.65. The van der Waals surface area contributed by atoms with Crippen molar-refractivity contribution in [3.63, 3.8) is 0 Å². The Labute approximate surface area is 213 Å². The zero-order valence-electron chi connectivity index (χ0n) is 18.8. The number of hydrogen-bond acceptors (Lipinski definition) is 8. The molecule has 0 amide bonds. The third kappa shape index (κ3) is 4.88. The van der Waals surface area contributed by atoms with Crippen LogP contribution in [0.2, 0.25) is 5.02 Å². The number of imidazole rings is 1. The molecule has 2 aromatic heterocycles. The maximum atomic E-state index is 11.4. The van der Waals surface area contributed by atoms with E-state index >= 15 is 0 Å². The fraction of sp³-hybridized carbons (Fsp3) is 0.0400. The van der Waals surface area contributed by atoms with Gasteiger partial charge in [-0.2, -0.15) is 0 Å². The van der Waals surface area contributed by atoms with Gasteiger partial charge in [0.2, 0.25) is 5.88 Å². The highest BCUT2D eigenvalue weighted by molar-refractivity contribution is 6.30. The fourth-order valence-corrected chi connectivity index (χ4v) is 4.32. The SMILES string of the molecule is O=[N+]([O-])Oc1nc2ccc(C(c3ccc(Cl)cc3)n3ccnc3)cc2c(-c2ccccc2)c1O[N+](=O)[O-]. The Bertz CT molecular complexity index is 1590. The van der Waals surface area contributed by atoms with Crippen molar-refractivity contribution < 1.29 is 19.8 Å². The Morgan fingerprint density at radius 1 is 0.892 bits per heavy atom. The topological polar surface area (TPSA) is 135 Å². The van der Waals surface area contributed by atoms with Gasteiger partial charge in [-0.25, -0.2) is 9.97 Å². The first-order valence-electron chi connectivity index (χ1n) is 10.8. The first kappa shape index (κ1) is 23.7. The Balaban J connectivity index is 1.80. The van der Waals surface area contributed by atoms with Crippen LogP contribution in [0.1, 0.15) is 17.2 Å². The monoisotopic (exact) mass is 517 g/mol. The summed E-state index contributed by atoms with van der Waals surface area (Å²) in [4.78, 5) is 40.3. The summed E-state index contributed by atoms with van der Waals surface area (Å²) >= 11 is 6.11. The summed E-state index contributed by atoms with van der Waals surface area (Å²) in [6, 6.07) is 21.0. The van der Waals surface area contributed by atoms with Gasteiger partial charge in [-0.3, -0.25) is 9.68 Å². The van der Waals surface area contributed by atoms with Gasteiger partial charge >= 0.3 is 5.09 Å². The average molecular weight is 518 g/mol. The summed E-state index contributed by atoms with van der Waals surface area (Å²) in [5, 5.41) is 21.4. The first-order chi connectivity index (χ1) is 17.9. The van der Waals surface area contributed by atoms with Crippen molar-refractivity contribution in [1.29, 1.82) is 0 Å². The molecule has 5 rings (SSSR count). The molecule has 2 heterocycles. The largest absolute Gasteiger partial charge is 0.326 e. The smallest absolute Gasteiger partial charge is 0.301 e. The van der Waals surface area contributed by atoms with Gasteiger partial charge in [-0.15, -0.1) is 20.2 Å². The van der Waals surface area contributed by atoms with E-state index in [-0.39, 0.29) is 11.6 Å². The summed E-state index contributed by atoms with van der Waals surface area (Å²) < 4.78 is 1.90. The molecule has 184 valence electrons. The van der Waals surface area contributed by atoms with Gasteiger partial charge in [0.15, 0.2) is 5.75 Å². The number of hydrogen-bond donors (Lipinski definition) is 0. The zero-order chi connectivity index (χ0) is 25.9. The molecule has 1 unspecified atom stereocenters. The van der Waals surface area contributed by atoms with Gasteiger partial charge in [-0.1, -0.05) is 60.1 Å². The number of benzene rings is 3. The standard InChI is InChI=1S/C25H16ClN5O6/c26-19-9-6-17(7-10-19)23(29-13-12-27-15-29)18-8-11-21-20(14-18)22(16-4-2-1-3-5-16)24(36-30(32)33)25(28-21)37-31(34)35/h1-15,23H. The van der Waals surface area contributed by atoms with Crippen LogP contribution < -0.4 is 9.68 Å². The van der Waals surface area contributed by atoms with Crippen LogP contribution in [0.15, 0.2) is 91.5 Å². The van der Waals surface area contributed by atoms with Crippen molar-refractivity contribution >= 4 is 22.5 Å². The van der Waals surface area contributed by atoms with E-state index < -0.39 is 21.8 Å². The van der Waals surface area contributed by atoms with Gasteiger partial charge in [0, 0.05) is 28.4 Å². The van der Waals surface area contributed by atoms with Crippen LogP contribution in [0.4, 0.5) is 0 Å². The predicted octanol–water partition coefficient (Wildman–Crippen LogP) is 5.53. The van der Waals surface area contributed by atoms with E-state index in [1.807, 2.05) is 35.0 Å². The summed E-state index contributed by atoms with van der Waals surface area (Å²) in [5.74, 6) is -1.12. The minimum Gasteiger partial charge on any atom is -0.326 e. The van der Waals surface area contributed by atoms with Gasteiger partial charge in [0.05, 0.1) is 17.9 Å². The normalized spacial score (nSPS) is 11.7. The van der Waals surface area contributed by atoms with Crippen LogP contribution in [0, 0.1) is 20.2 Å². The molecule has 0 aliphatic rings. The molecule has 0 fully saturated rings. The average Bonchev–Trinajstić information content (AvgIpc) is 3.40.